The molecule has 2 aromatic rings. The van der Waals surface area contributed by atoms with Crippen LogP contribution in [0.2, 0.25) is 0 Å². The number of fused-ring (bicyclic) bond motifs is 1. The molecule has 0 atom stereocenters. The Labute approximate surface area is 95.8 Å². The average molecular weight is 235 g/mol. The Kier molecular flexibility index (Phi) is 2.78. The summed E-state index contributed by atoms with van der Waals surface area (Å²) < 4.78 is 9.82. The Morgan fingerprint density at radius 2 is 2.24 bits per heavy atom. The summed E-state index contributed by atoms with van der Waals surface area (Å²) >= 11 is 0. The Morgan fingerprint density at radius 3 is 2.88 bits per heavy atom. The van der Waals surface area contributed by atoms with Crippen molar-refractivity contribution in [3.8, 4) is 0 Å². The van der Waals surface area contributed by atoms with Crippen molar-refractivity contribution in [1.29, 1.82) is 0 Å². The first-order valence-electron chi connectivity index (χ1n) is 4.92. The molecule has 2 rings (SSSR count). The fraction of sp³-hybridized carbons (Fsp3) is 0.182. The molecule has 0 aliphatic rings. The highest BCUT2D eigenvalue weighted by Crippen LogP contribution is 2.18. The van der Waals surface area contributed by atoms with E-state index in [9.17, 15) is 9.59 Å². The molecule has 0 radical (unpaired) electrons. The van der Waals surface area contributed by atoms with Crippen molar-refractivity contribution >= 4 is 23.0 Å². The van der Waals surface area contributed by atoms with Crippen molar-refractivity contribution in [1.82, 2.24) is 4.98 Å². The molecule has 6 nitrogen and oxygen atoms in total. The zero-order valence-electron chi connectivity index (χ0n) is 8.97. The van der Waals surface area contributed by atoms with E-state index in [-0.39, 0.29) is 23.5 Å². The second-order valence-electron chi connectivity index (χ2n) is 3.24. The van der Waals surface area contributed by atoms with Crippen molar-refractivity contribution in [2.75, 3.05) is 6.61 Å². The normalized spacial score (nSPS) is 10.4. The maximum absolute atomic E-state index is 11.4. The van der Waals surface area contributed by atoms with Gasteiger partial charge in [-0.2, -0.15) is 0 Å². The molecule has 0 saturated heterocycles. The highest BCUT2D eigenvalue weighted by atomic mass is 16.5. The van der Waals surface area contributed by atoms with Gasteiger partial charge in [0.05, 0.1) is 12.2 Å². The second-order valence-corrected chi connectivity index (χ2v) is 3.24. The van der Waals surface area contributed by atoms with Crippen LogP contribution < -0.4 is 0 Å². The molecule has 0 saturated carbocycles. The van der Waals surface area contributed by atoms with Crippen molar-refractivity contribution in [3.05, 3.63) is 29.7 Å². The standard InChI is InChI=1S/C11H9NO5/c1-2-16-11(15)6-3-8-7(12-5-6)4-9(17-8)10(13)14/h3-5H,2H2,1H3,(H,13,14). The Hall–Kier alpha value is -2.37. The summed E-state index contributed by atoms with van der Waals surface area (Å²) in [7, 11) is 0. The number of rotatable bonds is 3. The van der Waals surface area contributed by atoms with Crippen molar-refractivity contribution in [2.45, 2.75) is 6.92 Å². The molecule has 2 aromatic heterocycles. The minimum absolute atomic E-state index is 0.214. The van der Waals surface area contributed by atoms with Gasteiger partial charge < -0.3 is 14.3 Å². The average Bonchev–Trinajstić information content (AvgIpc) is 2.71. The van der Waals surface area contributed by atoms with Crippen LogP contribution in [-0.4, -0.2) is 28.6 Å². The Bertz CT molecular complexity index is 587. The number of aromatic carboxylic acids is 1. The number of furan rings is 1. The summed E-state index contributed by atoms with van der Waals surface area (Å²) in [5.41, 5.74) is 0.856. The quantitative estimate of drug-likeness (QED) is 0.814. The SMILES string of the molecule is CCOC(=O)c1cnc2cc(C(=O)O)oc2c1. The fourth-order valence-corrected chi connectivity index (χ4v) is 1.35. The van der Waals surface area contributed by atoms with Gasteiger partial charge >= 0.3 is 11.9 Å². The molecule has 88 valence electrons. The van der Waals surface area contributed by atoms with Gasteiger partial charge in [0.25, 0.3) is 0 Å². The van der Waals surface area contributed by atoms with Gasteiger partial charge in [-0.3, -0.25) is 4.98 Å². The number of carboxylic acids is 1. The molecule has 1 N–H and O–H groups in total. The molecule has 6 heteroatoms. The molecule has 0 aliphatic carbocycles. The largest absolute Gasteiger partial charge is 0.475 e. The second kappa shape index (κ2) is 4.25. The lowest BCUT2D eigenvalue weighted by atomic mass is 10.2. The van der Waals surface area contributed by atoms with E-state index in [4.69, 9.17) is 14.3 Å². The monoisotopic (exact) mass is 235 g/mol. The van der Waals surface area contributed by atoms with E-state index in [0.29, 0.717) is 5.52 Å². The third kappa shape index (κ3) is 2.10. The number of carboxylic acid groups (broad SMARTS) is 1. The number of carbonyl (C=O) groups is 2. The van der Waals surface area contributed by atoms with Gasteiger partial charge in [0.2, 0.25) is 5.76 Å². The number of hydrogen-bond donors (Lipinski definition) is 1. The van der Waals surface area contributed by atoms with Crippen LogP contribution in [0.15, 0.2) is 22.7 Å². The molecule has 0 fully saturated rings. The first-order valence-corrected chi connectivity index (χ1v) is 4.92. The Morgan fingerprint density at radius 1 is 1.47 bits per heavy atom. The number of hydrogen-bond acceptors (Lipinski definition) is 5. The van der Waals surface area contributed by atoms with Gasteiger partial charge in [0.1, 0.15) is 5.52 Å². The summed E-state index contributed by atoms with van der Waals surface area (Å²) in [6.07, 6.45) is 1.32. The molecular weight excluding hydrogens is 226 g/mol. The van der Waals surface area contributed by atoms with E-state index in [1.807, 2.05) is 0 Å². The van der Waals surface area contributed by atoms with Crippen LogP contribution in [0.4, 0.5) is 0 Å². The molecule has 0 amide bonds. The van der Waals surface area contributed by atoms with Gasteiger partial charge in [-0.15, -0.1) is 0 Å². The van der Waals surface area contributed by atoms with Crippen LogP contribution in [0.5, 0.6) is 0 Å². The van der Waals surface area contributed by atoms with Gasteiger partial charge in [-0.25, -0.2) is 9.59 Å². The summed E-state index contributed by atoms with van der Waals surface area (Å²) in [5.74, 6) is -1.91. The molecule has 0 aromatic carbocycles. The molecular formula is C11H9NO5. The highest BCUT2D eigenvalue weighted by molar-refractivity contribution is 5.94. The number of ether oxygens (including phenoxy) is 1. The fourth-order valence-electron chi connectivity index (χ4n) is 1.35. The predicted octanol–water partition coefficient (Wildman–Crippen LogP) is 1.70. The predicted molar refractivity (Wildman–Crippen MR) is 56.9 cm³/mol. The summed E-state index contributed by atoms with van der Waals surface area (Å²) in [4.78, 5) is 26.0. The third-order valence-electron chi connectivity index (χ3n) is 2.09. The lowest BCUT2D eigenvalue weighted by Gasteiger charge is -1.99. The molecule has 0 bridgehead atoms. The number of pyridine rings is 1. The smallest absolute Gasteiger partial charge is 0.371 e. The Balaban J connectivity index is 2.43. The van der Waals surface area contributed by atoms with Crippen molar-refractivity contribution in [3.63, 3.8) is 0 Å². The van der Waals surface area contributed by atoms with E-state index in [1.54, 1.807) is 6.92 Å². The lowest BCUT2D eigenvalue weighted by molar-refractivity contribution is 0.0525. The van der Waals surface area contributed by atoms with Crippen LogP contribution >= 0.6 is 0 Å². The summed E-state index contributed by atoms with van der Waals surface area (Å²) in [6, 6.07) is 2.71. The minimum atomic E-state index is -1.18. The van der Waals surface area contributed by atoms with Crippen LogP contribution in [-0.2, 0) is 4.74 Å². The van der Waals surface area contributed by atoms with Gasteiger partial charge in [-0.05, 0) is 13.0 Å². The van der Waals surface area contributed by atoms with Crippen molar-refractivity contribution in [2.24, 2.45) is 0 Å². The van der Waals surface area contributed by atoms with Crippen LogP contribution in [0, 0.1) is 0 Å². The first-order chi connectivity index (χ1) is 8.11. The van der Waals surface area contributed by atoms with Crippen LogP contribution in [0.1, 0.15) is 27.8 Å². The topological polar surface area (TPSA) is 89.6 Å². The van der Waals surface area contributed by atoms with E-state index < -0.39 is 11.9 Å². The van der Waals surface area contributed by atoms with E-state index in [2.05, 4.69) is 4.98 Å². The van der Waals surface area contributed by atoms with Gasteiger partial charge in [-0.1, -0.05) is 0 Å². The minimum Gasteiger partial charge on any atom is -0.475 e. The lowest BCUT2D eigenvalue weighted by Crippen LogP contribution is -2.04. The molecule has 0 unspecified atom stereocenters. The van der Waals surface area contributed by atoms with E-state index >= 15 is 0 Å². The number of aromatic nitrogens is 1. The first kappa shape index (κ1) is 11.1. The summed E-state index contributed by atoms with van der Waals surface area (Å²) in [5, 5.41) is 8.74. The molecule has 0 aliphatic heterocycles. The third-order valence-corrected chi connectivity index (χ3v) is 2.09. The highest BCUT2D eigenvalue weighted by Gasteiger charge is 2.14. The molecule has 2 heterocycles. The molecule has 0 spiro atoms. The van der Waals surface area contributed by atoms with Crippen LogP contribution in [0.25, 0.3) is 11.1 Å². The molecule has 17 heavy (non-hydrogen) atoms. The zero-order valence-corrected chi connectivity index (χ0v) is 8.97. The maximum Gasteiger partial charge on any atom is 0.371 e. The van der Waals surface area contributed by atoms with E-state index in [0.717, 1.165) is 0 Å². The number of nitrogens with zero attached hydrogens (tertiary/aromatic N) is 1. The van der Waals surface area contributed by atoms with Crippen LogP contribution in [0.3, 0.4) is 0 Å². The summed E-state index contributed by atoms with van der Waals surface area (Å²) in [6.45, 7) is 1.95. The van der Waals surface area contributed by atoms with E-state index in [1.165, 1.54) is 18.3 Å². The van der Waals surface area contributed by atoms with Gasteiger partial charge in [0.15, 0.2) is 5.58 Å². The van der Waals surface area contributed by atoms with Crippen molar-refractivity contribution < 1.29 is 23.8 Å². The number of esters is 1. The zero-order chi connectivity index (χ0) is 12.4. The number of carbonyl (C=O) groups excluding carboxylic acids is 1. The van der Waals surface area contributed by atoms with Gasteiger partial charge in [0, 0.05) is 12.3 Å². The maximum atomic E-state index is 11.4.